The summed E-state index contributed by atoms with van der Waals surface area (Å²) in [5.41, 5.74) is 0. The highest BCUT2D eigenvalue weighted by atomic mass is 32.3. The van der Waals surface area contributed by atoms with E-state index in [4.69, 9.17) is 22.6 Å². The molecular formula is C13H30O5S. The Bertz CT molecular complexity index is 269. The summed E-state index contributed by atoms with van der Waals surface area (Å²) in [4.78, 5) is 0. The Hall–Kier alpha value is -0.170. The van der Waals surface area contributed by atoms with Crippen LogP contribution in [0.25, 0.3) is 0 Å². The van der Waals surface area contributed by atoms with Crippen molar-refractivity contribution in [1.82, 2.24) is 0 Å². The Morgan fingerprint density at radius 1 is 0.895 bits per heavy atom. The highest BCUT2D eigenvalue weighted by molar-refractivity contribution is 7.79. The van der Waals surface area contributed by atoms with E-state index in [1.807, 2.05) is 0 Å². The SMILES string of the molecule is CCCCC(C)CCCCC(C)CO.O=S(=O)(O)O. The number of aliphatic hydroxyl groups is 1. The van der Waals surface area contributed by atoms with E-state index in [-0.39, 0.29) is 0 Å². The van der Waals surface area contributed by atoms with Crippen LogP contribution in [-0.4, -0.2) is 29.2 Å². The largest absolute Gasteiger partial charge is 0.396 e. The second-order valence-corrected chi connectivity index (χ2v) is 6.16. The van der Waals surface area contributed by atoms with Crippen LogP contribution in [0.4, 0.5) is 0 Å². The van der Waals surface area contributed by atoms with E-state index in [1.165, 1.54) is 44.9 Å². The molecule has 118 valence electrons. The maximum absolute atomic E-state index is 8.86. The summed E-state index contributed by atoms with van der Waals surface area (Å²) in [5.74, 6) is 1.40. The van der Waals surface area contributed by atoms with Gasteiger partial charge in [-0.1, -0.05) is 59.3 Å². The molecule has 0 fully saturated rings. The van der Waals surface area contributed by atoms with Crippen molar-refractivity contribution in [3.8, 4) is 0 Å². The third-order valence-corrected chi connectivity index (χ3v) is 3.01. The summed E-state index contributed by atoms with van der Waals surface area (Å²) in [6, 6.07) is 0. The van der Waals surface area contributed by atoms with Crippen molar-refractivity contribution in [2.45, 2.75) is 65.7 Å². The second kappa shape index (κ2) is 12.8. The van der Waals surface area contributed by atoms with Gasteiger partial charge >= 0.3 is 10.4 Å². The van der Waals surface area contributed by atoms with Crippen LogP contribution in [0.3, 0.4) is 0 Å². The summed E-state index contributed by atoms with van der Waals surface area (Å²) in [7, 11) is -4.67. The first-order chi connectivity index (χ1) is 8.70. The monoisotopic (exact) mass is 298 g/mol. The molecule has 2 atom stereocenters. The zero-order valence-corrected chi connectivity index (χ0v) is 13.2. The third-order valence-electron chi connectivity index (χ3n) is 3.01. The second-order valence-electron chi connectivity index (χ2n) is 5.27. The molecule has 0 bridgehead atoms. The smallest absolute Gasteiger partial charge is 0.394 e. The summed E-state index contributed by atoms with van der Waals surface area (Å²) < 4.78 is 31.6. The van der Waals surface area contributed by atoms with Crippen molar-refractivity contribution in [2.75, 3.05) is 6.61 Å². The third kappa shape index (κ3) is 27.1. The van der Waals surface area contributed by atoms with Gasteiger partial charge in [-0.25, -0.2) is 0 Å². The van der Waals surface area contributed by atoms with E-state index in [0.29, 0.717) is 12.5 Å². The molecule has 0 aliphatic heterocycles. The minimum absolute atomic E-state index is 0.353. The fraction of sp³-hybridized carbons (Fsp3) is 1.00. The maximum Gasteiger partial charge on any atom is 0.394 e. The van der Waals surface area contributed by atoms with Gasteiger partial charge in [0.2, 0.25) is 0 Å². The zero-order valence-electron chi connectivity index (χ0n) is 12.4. The lowest BCUT2D eigenvalue weighted by molar-refractivity contribution is 0.226. The molecule has 0 aliphatic carbocycles. The van der Waals surface area contributed by atoms with E-state index in [9.17, 15) is 0 Å². The molecule has 0 rings (SSSR count). The van der Waals surface area contributed by atoms with Crippen LogP contribution in [0, 0.1) is 11.8 Å². The van der Waals surface area contributed by atoms with Crippen LogP contribution in [0.1, 0.15) is 65.7 Å². The van der Waals surface area contributed by atoms with Gasteiger partial charge in [-0.05, 0) is 18.3 Å². The molecule has 0 aliphatic rings. The Labute approximate surface area is 118 Å². The van der Waals surface area contributed by atoms with Gasteiger partial charge < -0.3 is 5.11 Å². The molecule has 0 saturated heterocycles. The first-order valence-electron chi connectivity index (χ1n) is 7.01. The van der Waals surface area contributed by atoms with Crippen LogP contribution in [0.15, 0.2) is 0 Å². The first kappa shape index (κ1) is 21.1. The van der Waals surface area contributed by atoms with Gasteiger partial charge in [0.15, 0.2) is 0 Å². The molecule has 0 aromatic carbocycles. The molecule has 6 heteroatoms. The van der Waals surface area contributed by atoms with Crippen LogP contribution < -0.4 is 0 Å². The van der Waals surface area contributed by atoms with E-state index >= 15 is 0 Å². The predicted molar refractivity (Wildman–Crippen MR) is 77.6 cm³/mol. The van der Waals surface area contributed by atoms with E-state index in [0.717, 1.165) is 5.92 Å². The van der Waals surface area contributed by atoms with Crippen molar-refractivity contribution in [2.24, 2.45) is 11.8 Å². The average molecular weight is 298 g/mol. The Balaban J connectivity index is 0. The van der Waals surface area contributed by atoms with Gasteiger partial charge in [0, 0.05) is 6.61 Å². The molecule has 0 aromatic rings. The predicted octanol–water partition coefficient (Wildman–Crippen LogP) is 3.35. The maximum atomic E-state index is 8.86. The highest BCUT2D eigenvalue weighted by Gasteiger charge is 2.03. The molecule has 0 radical (unpaired) electrons. The van der Waals surface area contributed by atoms with Crippen molar-refractivity contribution >= 4 is 10.4 Å². The van der Waals surface area contributed by atoms with Crippen molar-refractivity contribution in [3.63, 3.8) is 0 Å². The molecule has 0 aromatic heterocycles. The van der Waals surface area contributed by atoms with Gasteiger partial charge in [-0.3, -0.25) is 9.11 Å². The molecule has 0 saturated carbocycles. The fourth-order valence-electron chi connectivity index (χ4n) is 1.77. The van der Waals surface area contributed by atoms with Crippen LogP contribution >= 0.6 is 0 Å². The normalized spacial score (nSPS) is 14.4. The lowest BCUT2D eigenvalue weighted by Crippen LogP contribution is -2.01. The minimum atomic E-state index is -4.67. The van der Waals surface area contributed by atoms with Crippen LogP contribution in [0.2, 0.25) is 0 Å². The summed E-state index contributed by atoms with van der Waals surface area (Å²) in [6.07, 6.45) is 9.30. The number of unbranched alkanes of at least 4 members (excludes halogenated alkanes) is 2. The van der Waals surface area contributed by atoms with E-state index in [2.05, 4.69) is 20.8 Å². The lowest BCUT2D eigenvalue weighted by Gasteiger charge is -2.11. The van der Waals surface area contributed by atoms with Gasteiger partial charge in [0.05, 0.1) is 0 Å². The van der Waals surface area contributed by atoms with Gasteiger partial charge in [0.25, 0.3) is 0 Å². The molecule has 2 unspecified atom stereocenters. The number of rotatable bonds is 9. The molecule has 0 heterocycles. The molecule has 0 amide bonds. The van der Waals surface area contributed by atoms with Crippen molar-refractivity contribution in [3.05, 3.63) is 0 Å². The highest BCUT2D eigenvalue weighted by Crippen LogP contribution is 2.17. The molecule has 19 heavy (non-hydrogen) atoms. The van der Waals surface area contributed by atoms with E-state index < -0.39 is 10.4 Å². The first-order valence-corrected chi connectivity index (χ1v) is 8.41. The lowest BCUT2D eigenvalue weighted by atomic mass is 9.96. The number of aliphatic hydroxyl groups excluding tert-OH is 1. The van der Waals surface area contributed by atoms with Crippen LogP contribution in [-0.2, 0) is 10.4 Å². The number of hydrogen-bond donors (Lipinski definition) is 3. The number of hydrogen-bond acceptors (Lipinski definition) is 3. The minimum Gasteiger partial charge on any atom is -0.396 e. The fourth-order valence-corrected chi connectivity index (χ4v) is 1.77. The summed E-state index contributed by atoms with van der Waals surface area (Å²) >= 11 is 0. The zero-order chi connectivity index (χ0) is 15.3. The Morgan fingerprint density at radius 3 is 1.63 bits per heavy atom. The summed E-state index contributed by atoms with van der Waals surface area (Å²) in [5, 5.41) is 8.86. The molecule has 0 spiro atoms. The standard InChI is InChI=1S/C13H28O.H2O4S/c1-4-5-8-12(2)9-6-7-10-13(3)11-14;1-5(2,3)4/h12-14H,4-11H2,1-3H3;(H2,1,2,3,4). The van der Waals surface area contributed by atoms with Crippen LogP contribution in [0.5, 0.6) is 0 Å². The Kier molecular flexibility index (Phi) is 14.3. The Morgan fingerprint density at radius 2 is 1.26 bits per heavy atom. The average Bonchev–Trinajstić information content (AvgIpc) is 2.29. The topological polar surface area (TPSA) is 94.8 Å². The van der Waals surface area contributed by atoms with Gasteiger partial charge in [-0.15, -0.1) is 0 Å². The molecule has 5 nitrogen and oxygen atoms in total. The summed E-state index contributed by atoms with van der Waals surface area (Å²) in [6.45, 7) is 7.10. The van der Waals surface area contributed by atoms with E-state index in [1.54, 1.807) is 0 Å². The van der Waals surface area contributed by atoms with Gasteiger partial charge in [-0.2, -0.15) is 8.42 Å². The van der Waals surface area contributed by atoms with Crippen molar-refractivity contribution in [1.29, 1.82) is 0 Å². The molecule has 3 N–H and O–H groups in total. The van der Waals surface area contributed by atoms with Gasteiger partial charge in [0.1, 0.15) is 0 Å². The quantitative estimate of drug-likeness (QED) is 0.448. The van der Waals surface area contributed by atoms with Crippen molar-refractivity contribution < 1.29 is 22.6 Å². The molecular weight excluding hydrogens is 268 g/mol.